The standard InChI is InChI=1S/C25H32N2O/c1-24(2,3)25(19-26-4)13-15-27(16-14-25)18-20-9-11-21(12-10-20)22-7-6-8-23(17-22)28-5/h6-12,17H,13-16,18-19H2,1-3,5H3. The third kappa shape index (κ3) is 4.39. The highest BCUT2D eigenvalue weighted by Gasteiger charge is 2.46. The zero-order valence-corrected chi connectivity index (χ0v) is 17.7. The molecule has 0 N–H and O–H groups in total. The molecule has 1 aliphatic heterocycles. The zero-order valence-electron chi connectivity index (χ0n) is 17.7. The Morgan fingerprint density at radius 3 is 2.29 bits per heavy atom. The summed E-state index contributed by atoms with van der Waals surface area (Å²) in [6.45, 7) is 18.1. The van der Waals surface area contributed by atoms with E-state index in [4.69, 9.17) is 11.3 Å². The van der Waals surface area contributed by atoms with Crippen LogP contribution in [0, 0.1) is 17.4 Å². The van der Waals surface area contributed by atoms with Crippen LogP contribution in [-0.4, -0.2) is 31.6 Å². The van der Waals surface area contributed by atoms with Gasteiger partial charge in [0.2, 0.25) is 6.54 Å². The fourth-order valence-electron chi connectivity index (χ4n) is 4.30. The fourth-order valence-corrected chi connectivity index (χ4v) is 4.30. The highest BCUT2D eigenvalue weighted by atomic mass is 16.5. The second-order valence-electron chi connectivity index (χ2n) is 9.05. The first-order valence-corrected chi connectivity index (χ1v) is 10.2. The van der Waals surface area contributed by atoms with Crippen molar-refractivity contribution >= 4 is 0 Å². The minimum Gasteiger partial charge on any atom is -0.497 e. The lowest BCUT2D eigenvalue weighted by Gasteiger charge is -2.46. The summed E-state index contributed by atoms with van der Waals surface area (Å²) in [7, 11) is 1.70. The van der Waals surface area contributed by atoms with Crippen molar-refractivity contribution in [3.05, 3.63) is 65.5 Å². The number of methoxy groups -OCH3 is 1. The summed E-state index contributed by atoms with van der Waals surface area (Å²) in [5, 5.41) is 0. The lowest BCUT2D eigenvalue weighted by molar-refractivity contribution is 0.0173. The van der Waals surface area contributed by atoms with E-state index in [-0.39, 0.29) is 10.8 Å². The number of nitrogens with zero attached hydrogens (tertiary/aromatic N) is 2. The summed E-state index contributed by atoms with van der Waals surface area (Å²) in [5.74, 6) is 0.886. The van der Waals surface area contributed by atoms with Gasteiger partial charge in [0.1, 0.15) is 5.75 Å². The molecule has 0 aliphatic carbocycles. The molecule has 0 radical (unpaired) electrons. The Morgan fingerprint density at radius 1 is 1.04 bits per heavy atom. The van der Waals surface area contributed by atoms with Crippen LogP contribution in [0.5, 0.6) is 5.75 Å². The summed E-state index contributed by atoms with van der Waals surface area (Å²) in [4.78, 5) is 6.32. The van der Waals surface area contributed by atoms with Crippen LogP contribution in [0.2, 0.25) is 0 Å². The molecule has 1 fully saturated rings. The maximum Gasteiger partial charge on any atom is 0.220 e. The molecule has 1 saturated heterocycles. The van der Waals surface area contributed by atoms with Gasteiger partial charge in [-0.3, -0.25) is 4.90 Å². The minimum atomic E-state index is 0.154. The molecule has 0 unspecified atom stereocenters. The Balaban J connectivity index is 1.63. The van der Waals surface area contributed by atoms with E-state index in [0.717, 1.165) is 38.2 Å². The molecule has 3 heteroatoms. The van der Waals surface area contributed by atoms with E-state index in [2.05, 4.69) is 66.9 Å². The van der Waals surface area contributed by atoms with Crippen LogP contribution in [0.1, 0.15) is 39.2 Å². The number of rotatable bonds is 5. The highest BCUT2D eigenvalue weighted by molar-refractivity contribution is 5.65. The molecule has 0 atom stereocenters. The van der Waals surface area contributed by atoms with Crippen molar-refractivity contribution in [3.63, 3.8) is 0 Å². The summed E-state index contributed by atoms with van der Waals surface area (Å²) in [6.07, 6.45) is 2.22. The lowest BCUT2D eigenvalue weighted by Crippen LogP contribution is -2.47. The smallest absolute Gasteiger partial charge is 0.220 e. The quantitative estimate of drug-likeness (QED) is 0.603. The molecule has 148 valence electrons. The van der Waals surface area contributed by atoms with E-state index in [0.29, 0.717) is 6.54 Å². The summed E-state index contributed by atoms with van der Waals surface area (Å²) in [5.41, 5.74) is 4.08. The number of piperidine rings is 1. The Labute approximate surface area is 170 Å². The summed E-state index contributed by atoms with van der Waals surface area (Å²) in [6, 6.07) is 17.1. The molecular weight excluding hydrogens is 344 g/mol. The number of hydrogen-bond acceptors (Lipinski definition) is 2. The SMILES string of the molecule is [C-]#[N+]CC1(C(C)(C)C)CCN(Cc2ccc(-c3cccc(OC)c3)cc2)CC1. The normalized spacial score (nSPS) is 17.1. The van der Waals surface area contributed by atoms with Gasteiger partial charge in [-0.15, -0.1) is 0 Å². The van der Waals surface area contributed by atoms with Crippen molar-refractivity contribution in [1.29, 1.82) is 0 Å². The molecule has 3 nitrogen and oxygen atoms in total. The van der Waals surface area contributed by atoms with Crippen molar-refractivity contribution in [1.82, 2.24) is 4.90 Å². The van der Waals surface area contributed by atoms with Crippen LogP contribution in [0.15, 0.2) is 48.5 Å². The largest absolute Gasteiger partial charge is 0.497 e. The van der Waals surface area contributed by atoms with Gasteiger partial charge in [-0.1, -0.05) is 57.2 Å². The van der Waals surface area contributed by atoms with Crippen LogP contribution >= 0.6 is 0 Å². The van der Waals surface area contributed by atoms with Gasteiger partial charge >= 0.3 is 0 Å². The van der Waals surface area contributed by atoms with Gasteiger partial charge in [-0.05, 0) is 60.2 Å². The molecule has 2 aromatic carbocycles. The lowest BCUT2D eigenvalue weighted by atomic mass is 9.61. The van der Waals surface area contributed by atoms with Crippen molar-refractivity contribution in [2.24, 2.45) is 10.8 Å². The zero-order chi connectivity index (χ0) is 20.2. The van der Waals surface area contributed by atoms with Gasteiger partial charge in [0.15, 0.2) is 0 Å². The fraction of sp³-hybridized carbons (Fsp3) is 0.480. The van der Waals surface area contributed by atoms with E-state index in [1.54, 1.807) is 7.11 Å². The molecule has 0 amide bonds. The predicted octanol–water partition coefficient (Wildman–Crippen LogP) is 5.91. The number of benzene rings is 2. The van der Waals surface area contributed by atoms with Gasteiger partial charge in [-0.25, -0.2) is 6.57 Å². The first-order valence-electron chi connectivity index (χ1n) is 10.2. The summed E-state index contributed by atoms with van der Waals surface area (Å²) < 4.78 is 5.33. The first-order chi connectivity index (χ1) is 13.4. The Morgan fingerprint density at radius 2 is 1.71 bits per heavy atom. The molecular formula is C25H32N2O. The predicted molar refractivity (Wildman–Crippen MR) is 116 cm³/mol. The summed E-state index contributed by atoms with van der Waals surface area (Å²) >= 11 is 0. The van der Waals surface area contributed by atoms with E-state index >= 15 is 0 Å². The average molecular weight is 377 g/mol. The van der Waals surface area contributed by atoms with Crippen molar-refractivity contribution in [2.75, 3.05) is 26.7 Å². The molecule has 0 spiro atoms. The number of hydrogen-bond donors (Lipinski definition) is 0. The average Bonchev–Trinajstić information content (AvgIpc) is 2.69. The second kappa shape index (κ2) is 8.37. The monoisotopic (exact) mass is 376 g/mol. The topological polar surface area (TPSA) is 16.8 Å². The van der Waals surface area contributed by atoms with Crippen LogP contribution in [0.25, 0.3) is 16.0 Å². The van der Waals surface area contributed by atoms with Gasteiger partial charge in [0.25, 0.3) is 0 Å². The van der Waals surface area contributed by atoms with Crippen LogP contribution < -0.4 is 4.74 Å². The number of likely N-dealkylation sites (tertiary alicyclic amines) is 1. The third-order valence-corrected chi connectivity index (χ3v) is 6.55. The first kappa shape index (κ1) is 20.4. The highest BCUT2D eigenvalue weighted by Crippen LogP contribution is 2.47. The van der Waals surface area contributed by atoms with Gasteiger partial charge < -0.3 is 9.58 Å². The Hall–Kier alpha value is -2.31. The molecule has 0 saturated carbocycles. The van der Waals surface area contributed by atoms with Crippen LogP contribution in [0.4, 0.5) is 0 Å². The van der Waals surface area contributed by atoms with E-state index < -0.39 is 0 Å². The molecule has 1 heterocycles. The van der Waals surface area contributed by atoms with Crippen molar-refractivity contribution in [2.45, 2.75) is 40.2 Å². The Bertz CT molecular complexity index is 819. The maximum absolute atomic E-state index is 7.39. The van der Waals surface area contributed by atoms with Crippen molar-refractivity contribution in [3.8, 4) is 16.9 Å². The second-order valence-corrected chi connectivity index (χ2v) is 9.05. The minimum absolute atomic E-state index is 0.154. The van der Waals surface area contributed by atoms with Crippen LogP contribution in [0.3, 0.4) is 0 Å². The molecule has 0 aromatic heterocycles. The number of ether oxygens (including phenoxy) is 1. The van der Waals surface area contributed by atoms with Crippen molar-refractivity contribution < 1.29 is 4.74 Å². The third-order valence-electron chi connectivity index (χ3n) is 6.55. The van der Waals surface area contributed by atoms with E-state index in [1.165, 1.54) is 16.7 Å². The molecule has 1 aliphatic rings. The van der Waals surface area contributed by atoms with E-state index in [1.807, 2.05) is 12.1 Å². The van der Waals surface area contributed by atoms with Gasteiger partial charge in [0.05, 0.1) is 7.11 Å². The molecule has 2 aromatic rings. The van der Waals surface area contributed by atoms with Gasteiger partial charge in [0, 0.05) is 12.0 Å². The molecule has 28 heavy (non-hydrogen) atoms. The van der Waals surface area contributed by atoms with E-state index in [9.17, 15) is 0 Å². The van der Waals surface area contributed by atoms with Crippen LogP contribution in [-0.2, 0) is 6.54 Å². The molecule has 3 rings (SSSR count). The molecule has 0 bridgehead atoms. The maximum atomic E-state index is 7.39. The Kier molecular flexibility index (Phi) is 6.10. The van der Waals surface area contributed by atoms with Gasteiger partial charge in [-0.2, -0.15) is 0 Å².